The summed E-state index contributed by atoms with van der Waals surface area (Å²) in [5.41, 5.74) is 3.77. The van der Waals surface area contributed by atoms with Crippen LogP contribution in [0.3, 0.4) is 0 Å². The molecule has 2 aromatic rings. The molecule has 0 bridgehead atoms. The fourth-order valence-corrected chi connectivity index (χ4v) is 1.91. The molecule has 4 nitrogen and oxygen atoms in total. The normalized spacial score (nSPS) is 11.4. The van der Waals surface area contributed by atoms with Crippen molar-refractivity contribution in [3.05, 3.63) is 60.2 Å². The second-order valence-corrected chi connectivity index (χ2v) is 5.13. The van der Waals surface area contributed by atoms with Gasteiger partial charge in [0.15, 0.2) is 0 Å². The SMILES string of the molecule is C/C(=N\OC(=O)OC(C)C)c1ccc(-c2ccccc2)cc1. The van der Waals surface area contributed by atoms with Gasteiger partial charge in [0.1, 0.15) is 0 Å². The Morgan fingerprint density at radius 3 is 2.14 bits per heavy atom. The van der Waals surface area contributed by atoms with Gasteiger partial charge in [-0.2, -0.15) is 0 Å². The third kappa shape index (κ3) is 4.45. The Bertz CT molecular complexity index is 646. The molecule has 114 valence electrons. The molecule has 0 radical (unpaired) electrons. The Balaban J connectivity index is 2.05. The molecule has 22 heavy (non-hydrogen) atoms. The number of rotatable bonds is 4. The highest BCUT2D eigenvalue weighted by Crippen LogP contribution is 2.19. The highest BCUT2D eigenvalue weighted by molar-refractivity contribution is 5.98. The summed E-state index contributed by atoms with van der Waals surface area (Å²) >= 11 is 0. The van der Waals surface area contributed by atoms with E-state index in [9.17, 15) is 4.79 Å². The van der Waals surface area contributed by atoms with Crippen molar-refractivity contribution in [2.45, 2.75) is 26.9 Å². The first kappa shape index (κ1) is 15.8. The first-order chi connectivity index (χ1) is 10.6. The Morgan fingerprint density at radius 1 is 0.955 bits per heavy atom. The molecule has 0 heterocycles. The molecular weight excluding hydrogens is 278 g/mol. The number of nitrogens with zero attached hydrogens (tertiary/aromatic N) is 1. The first-order valence-electron chi connectivity index (χ1n) is 7.14. The second-order valence-electron chi connectivity index (χ2n) is 5.13. The molecule has 0 unspecified atom stereocenters. The number of carbonyl (C=O) groups is 1. The van der Waals surface area contributed by atoms with Crippen molar-refractivity contribution in [1.82, 2.24) is 0 Å². The van der Waals surface area contributed by atoms with E-state index in [0.717, 1.165) is 16.7 Å². The van der Waals surface area contributed by atoms with Crippen molar-refractivity contribution < 1.29 is 14.4 Å². The lowest BCUT2D eigenvalue weighted by Gasteiger charge is -2.06. The van der Waals surface area contributed by atoms with Crippen LogP contribution >= 0.6 is 0 Å². The van der Waals surface area contributed by atoms with E-state index in [2.05, 4.69) is 17.3 Å². The van der Waals surface area contributed by atoms with Crippen molar-refractivity contribution in [2.75, 3.05) is 0 Å². The highest BCUT2D eigenvalue weighted by Gasteiger charge is 2.07. The van der Waals surface area contributed by atoms with Gasteiger partial charge in [0.2, 0.25) is 0 Å². The lowest BCUT2D eigenvalue weighted by atomic mass is 10.0. The Morgan fingerprint density at radius 2 is 1.55 bits per heavy atom. The number of hydrogen-bond donors (Lipinski definition) is 0. The van der Waals surface area contributed by atoms with Gasteiger partial charge in [-0.25, -0.2) is 4.79 Å². The number of carbonyl (C=O) groups excluding carboxylic acids is 1. The van der Waals surface area contributed by atoms with E-state index >= 15 is 0 Å². The maximum Gasteiger partial charge on any atom is 0.535 e. The molecule has 0 saturated heterocycles. The molecule has 0 fully saturated rings. The van der Waals surface area contributed by atoms with Gasteiger partial charge in [0.25, 0.3) is 0 Å². The van der Waals surface area contributed by atoms with E-state index in [0.29, 0.717) is 5.71 Å². The smallest absolute Gasteiger partial charge is 0.430 e. The van der Waals surface area contributed by atoms with Gasteiger partial charge in [0.05, 0.1) is 11.8 Å². The Hall–Kier alpha value is -2.62. The largest absolute Gasteiger partial charge is 0.535 e. The topological polar surface area (TPSA) is 47.9 Å². The average Bonchev–Trinajstić information content (AvgIpc) is 2.53. The van der Waals surface area contributed by atoms with Crippen LogP contribution in [0.5, 0.6) is 0 Å². The summed E-state index contributed by atoms with van der Waals surface area (Å²) in [7, 11) is 0. The van der Waals surface area contributed by atoms with Crippen molar-refractivity contribution >= 4 is 11.9 Å². The molecule has 2 rings (SSSR count). The van der Waals surface area contributed by atoms with Crippen molar-refractivity contribution in [1.29, 1.82) is 0 Å². The van der Waals surface area contributed by atoms with Gasteiger partial charge in [-0.1, -0.05) is 59.8 Å². The van der Waals surface area contributed by atoms with E-state index in [-0.39, 0.29) is 6.10 Å². The number of hydrogen-bond acceptors (Lipinski definition) is 4. The van der Waals surface area contributed by atoms with Gasteiger partial charge in [-0.3, -0.25) is 4.84 Å². The minimum atomic E-state index is -0.796. The predicted octanol–water partition coefficient (Wildman–Crippen LogP) is 4.64. The average molecular weight is 297 g/mol. The molecule has 0 N–H and O–H groups in total. The number of ether oxygens (including phenoxy) is 1. The zero-order valence-electron chi connectivity index (χ0n) is 12.9. The van der Waals surface area contributed by atoms with Gasteiger partial charge >= 0.3 is 6.16 Å². The van der Waals surface area contributed by atoms with Crippen LogP contribution in [-0.2, 0) is 9.57 Å². The van der Waals surface area contributed by atoms with E-state index in [1.165, 1.54) is 0 Å². The van der Waals surface area contributed by atoms with Gasteiger partial charge in [-0.05, 0) is 37.5 Å². The van der Waals surface area contributed by atoms with E-state index in [4.69, 9.17) is 9.57 Å². The summed E-state index contributed by atoms with van der Waals surface area (Å²) in [6, 6.07) is 18.0. The zero-order valence-corrected chi connectivity index (χ0v) is 12.9. The second kappa shape index (κ2) is 7.41. The molecular formula is C18H19NO3. The molecule has 0 aliphatic rings. The summed E-state index contributed by atoms with van der Waals surface area (Å²) in [4.78, 5) is 16.0. The van der Waals surface area contributed by atoms with E-state index in [1.807, 2.05) is 42.5 Å². The van der Waals surface area contributed by atoms with Gasteiger partial charge in [0, 0.05) is 0 Å². The maximum absolute atomic E-state index is 11.3. The van der Waals surface area contributed by atoms with Crippen LogP contribution < -0.4 is 0 Å². The third-order valence-corrected chi connectivity index (χ3v) is 3.00. The van der Waals surface area contributed by atoms with Crippen LogP contribution in [0.2, 0.25) is 0 Å². The van der Waals surface area contributed by atoms with E-state index < -0.39 is 6.16 Å². The molecule has 0 atom stereocenters. The van der Waals surface area contributed by atoms with Crippen LogP contribution in [0.1, 0.15) is 26.3 Å². The quantitative estimate of drug-likeness (QED) is 0.357. The van der Waals surface area contributed by atoms with Crippen molar-refractivity contribution in [2.24, 2.45) is 5.16 Å². The van der Waals surface area contributed by atoms with E-state index in [1.54, 1.807) is 20.8 Å². The molecule has 2 aromatic carbocycles. The molecule has 0 saturated carbocycles. The lowest BCUT2D eigenvalue weighted by Crippen LogP contribution is -2.11. The van der Waals surface area contributed by atoms with Crippen LogP contribution in [0, 0.1) is 0 Å². The van der Waals surface area contributed by atoms with Crippen LogP contribution in [-0.4, -0.2) is 18.0 Å². The third-order valence-electron chi connectivity index (χ3n) is 3.00. The molecule has 0 amide bonds. The fourth-order valence-electron chi connectivity index (χ4n) is 1.91. The zero-order chi connectivity index (χ0) is 15.9. The maximum atomic E-state index is 11.3. The minimum Gasteiger partial charge on any atom is -0.430 e. The van der Waals surface area contributed by atoms with Crippen LogP contribution in [0.4, 0.5) is 4.79 Å². The van der Waals surface area contributed by atoms with Gasteiger partial charge in [-0.15, -0.1) is 0 Å². The van der Waals surface area contributed by atoms with Crippen LogP contribution in [0.15, 0.2) is 59.8 Å². The van der Waals surface area contributed by atoms with Crippen molar-refractivity contribution in [3.8, 4) is 11.1 Å². The molecule has 0 aromatic heterocycles. The Kier molecular flexibility index (Phi) is 5.31. The number of benzene rings is 2. The monoisotopic (exact) mass is 297 g/mol. The standard InChI is InChI=1S/C18H19NO3/c1-13(2)21-18(20)22-19-14(3)15-9-11-17(12-10-15)16-7-5-4-6-8-16/h4-13H,1-3H3/b19-14+. The summed E-state index contributed by atoms with van der Waals surface area (Å²) in [5.74, 6) is 0. The summed E-state index contributed by atoms with van der Waals surface area (Å²) in [5, 5.41) is 3.79. The summed E-state index contributed by atoms with van der Waals surface area (Å²) < 4.78 is 4.85. The van der Waals surface area contributed by atoms with Crippen LogP contribution in [0.25, 0.3) is 11.1 Å². The molecule has 4 heteroatoms. The number of oxime groups is 1. The Labute approximate surface area is 130 Å². The highest BCUT2D eigenvalue weighted by atomic mass is 16.8. The summed E-state index contributed by atoms with van der Waals surface area (Å²) in [6.07, 6.45) is -1.02. The molecule has 0 aliphatic heterocycles. The predicted molar refractivity (Wildman–Crippen MR) is 86.8 cm³/mol. The summed E-state index contributed by atoms with van der Waals surface area (Å²) in [6.45, 7) is 5.28. The first-order valence-corrected chi connectivity index (χ1v) is 7.14. The van der Waals surface area contributed by atoms with Crippen molar-refractivity contribution in [3.63, 3.8) is 0 Å². The fraction of sp³-hybridized carbons (Fsp3) is 0.222. The lowest BCUT2D eigenvalue weighted by molar-refractivity contribution is 0.0363. The minimum absolute atomic E-state index is 0.229. The molecule has 0 aliphatic carbocycles. The molecule has 0 spiro atoms. The van der Waals surface area contributed by atoms with Gasteiger partial charge < -0.3 is 4.74 Å².